The highest BCUT2D eigenvalue weighted by Crippen LogP contribution is 2.22. The third-order valence-corrected chi connectivity index (χ3v) is 2.39. The Labute approximate surface area is 78.0 Å². The monoisotopic (exact) mass is 175 g/mol. The zero-order chi connectivity index (χ0) is 9.26. The fourth-order valence-corrected chi connectivity index (χ4v) is 1.69. The molecule has 0 aromatic rings. The van der Waals surface area contributed by atoms with Crippen LogP contribution in [0.15, 0.2) is 35.1 Å². The second-order valence-corrected chi connectivity index (χ2v) is 3.58. The van der Waals surface area contributed by atoms with Crippen LogP contribution in [0.5, 0.6) is 0 Å². The molecule has 0 aromatic heterocycles. The lowest BCUT2D eigenvalue weighted by atomic mass is 10.0. The maximum atomic E-state index is 11.1. The first-order valence-electron chi connectivity index (χ1n) is 4.62. The summed E-state index contributed by atoms with van der Waals surface area (Å²) in [5, 5.41) is 2.89. The van der Waals surface area contributed by atoms with Crippen LogP contribution in [0, 0.1) is 0 Å². The number of carbonyl (C=O) groups excluding carboxylic acids is 1. The van der Waals surface area contributed by atoms with Gasteiger partial charge in [0.1, 0.15) is 0 Å². The number of rotatable bonds is 0. The highest BCUT2D eigenvalue weighted by atomic mass is 16.1. The first kappa shape index (κ1) is 8.30. The molecule has 1 aliphatic carbocycles. The van der Waals surface area contributed by atoms with Crippen LogP contribution in [0.2, 0.25) is 0 Å². The average molecular weight is 175 g/mol. The zero-order valence-electron chi connectivity index (χ0n) is 7.76. The minimum absolute atomic E-state index is 0.136. The molecule has 0 fully saturated rings. The maximum Gasteiger partial charge on any atom is 0.224 e. The Morgan fingerprint density at radius 3 is 3.08 bits per heavy atom. The highest BCUT2D eigenvalue weighted by Gasteiger charge is 2.15. The molecule has 0 saturated heterocycles. The van der Waals surface area contributed by atoms with Gasteiger partial charge in [-0.15, -0.1) is 0 Å². The molecular weight excluding hydrogens is 162 g/mol. The Hall–Kier alpha value is -1.31. The van der Waals surface area contributed by atoms with Crippen molar-refractivity contribution in [3.05, 3.63) is 35.1 Å². The van der Waals surface area contributed by atoms with Crippen molar-refractivity contribution in [3.8, 4) is 0 Å². The van der Waals surface area contributed by atoms with Crippen LogP contribution in [0.1, 0.15) is 26.2 Å². The van der Waals surface area contributed by atoms with E-state index in [4.69, 9.17) is 0 Å². The zero-order valence-corrected chi connectivity index (χ0v) is 7.76. The van der Waals surface area contributed by atoms with Gasteiger partial charge in [-0.2, -0.15) is 0 Å². The molecule has 0 atom stereocenters. The van der Waals surface area contributed by atoms with E-state index in [1.54, 1.807) is 0 Å². The summed E-state index contributed by atoms with van der Waals surface area (Å²) in [4.78, 5) is 11.1. The molecule has 1 amide bonds. The second-order valence-electron chi connectivity index (χ2n) is 3.58. The molecule has 0 spiro atoms. The van der Waals surface area contributed by atoms with E-state index in [9.17, 15) is 4.79 Å². The fourth-order valence-electron chi connectivity index (χ4n) is 1.69. The number of hydrogen-bond acceptors (Lipinski definition) is 1. The van der Waals surface area contributed by atoms with Crippen molar-refractivity contribution in [2.45, 2.75) is 26.2 Å². The lowest BCUT2D eigenvalue weighted by molar-refractivity contribution is -0.120. The topological polar surface area (TPSA) is 29.1 Å². The minimum atomic E-state index is 0.136. The van der Waals surface area contributed by atoms with Gasteiger partial charge < -0.3 is 5.32 Å². The summed E-state index contributed by atoms with van der Waals surface area (Å²) < 4.78 is 0. The van der Waals surface area contributed by atoms with Crippen molar-refractivity contribution >= 4 is 5.91 Å². The van der Waals surface area contributed by atoms with Gasteiger partial charge in [-0.3, -0.25) is 4.79 Å². The van der Waals surface area contributed by atoms with Gasteiger partial charge in [0.15, 0.2) is 0 Å². The van der Waals surface area contributed by atoms with E-state index >= 15 is 0 Å². The molecule has 0 saturated carbocycles. The molecule has 2 rings (SSSR count). The van der Waals surface area contributed by atoms with Gasteiger partial charge in [0.2, 0.25) is 5.91 Å². The van der Waals surface area contributed by atoms with E-state index in [1.165, 1.54) is 11.1 Å². The van der Waals surface area contributed by atoms with Crippen LogP contribution in [-0.4, -0.2) is 5.91 Å². The standard InChI is InChI=1S/C11H13NO/c1-8-3-2-4-10-9(7-8)5-6-11(13)12-10/h2,4,7H,3,5-6H2,1H3,(H,12,13). The second kappa shape index (κ2) is 3.21. The largest absolute Gasteiger partial charge is 0.326 e. The molecule has 13 heavy (non-hydrogen) atoms. The van der Waals surface area contributed by atoms with Crippen LogP contribution in [0.25, 0.3) is 0 Å². The Morgan fingerprint density at radius 1 is 1.38 bits per heavy atom. The highest BCUT2D eigenvalue weighted by molar-refractivity contribution is 5.80. The summed E-state index contributed by atoms with van der Waals surface area (Å²) in [6.07, 6.45) is 8.79. The minimum Gasteiger partial charge on any atom is -0.326 e. The van der Waals surface area contributed by atoms with Gasteiger partial charge in [-0.05, 0) is 31.4 Å². The van der Waals surface area contributed by atoms with E-state index in [2.05, 4.69) is 24.4 Å². The molecule has 0 radical (unpaired) electrons. The van der Waals surface area contributed by atoms with Crippen molar-refractivity contribution in [1.82, 2.24) is 5.32 Å². The third kappa shape index (κ3) is 1.72. The van der Waals surface area contributed by atoms with Gasteiger partial charge in [0.25, 0.3) is 0 Å². The van der Waals surface area contributed by atoms with Crippen molar-refractivity contribution in [1.29, 1.82) is 0 Å². The molecule has 2 nitrogen and oxygen atoms in total. The predicted molar refractivity (Wildman–Crippen MR) is 51.9 cm³/mol. The predicted octanol–water partition coefficient (Wildman–Crippen LogP) is 2.06. The summed E-state index contributed by atoms with van der Waals surface area (Å²) in [7, 11) is 0. The number of nitrogens with one attached hydrogen (secondary N) is 1. The molecule has 1 heterocycles. The van der Waals surface area contributed by atoms with Gasteiger partial charge in [-0.25, -0.2) is 0 Å². The number of carbonyl (C=O) groups is 1. The molecule has 0 unspecified atom stereocenters. The Bertz CT molecular complexity index is 334. The first-order valence-corrected chi connectivity index (χ1v) is 4.62. The summed E-state index contributed by atoms with van der Waals surface area (Å²) in [5.41, 5.74) is 3.62. The van der Waals surface area contributed by atoms with Crippen LogP contribution in [0.3, 0.4) is 0 Å². The lowest BCUT2D eigenvalue weighted by Gasteiger charge is -2.15. The maximum absolute atomic E-state index is 11.1. The summed E-state index contributed by atoms with van der Waals surface area (Å²) >= 11 is 0. The first-order chi connectivity index (χ1) is 6.25. The molecule has 2 aliphatic rings. The Balaban J connectivity index is 2.36. The van der Waals surface area contributed by atoms with E-state index in [0.717, 1.165) is 18.5 Å². The van der Waals surface area contributed by atoms with E-state index in [0.29, 0.717) is 6.42 Å². The molecule has 0 aromatic carbocycles. The van der Waals surface area contributed by atoms with Crippen LogP contribution in [0.4, 0.5) is 0 Å². The van der Waals surface area contributed by atoms with Gasteiger partial charge in [-0.1, -0.05) is 17.7 Å². The van der Waals surface area contributed by atoms with Gasteiger partial charge >= 0.3 is 0 Å². The van der Waals surface area contributed by atoms with Crippen LogP contribution in [-0.2, 0) is 4.79 Å². The van der Waals surface area contributed by atoms with Crippen LogP contribution < -0.4 is 5.32 Å². The van der Waals surface area contributed by atoms with Crippen molar-refractivity contribution in [2.75, 3.05) is 0 Å². The molecule has 1 aliphatic heterocycles. The third-order valence-electron chi connectivity index (χ3n) is 2.39. The van der Waals surface area contributed by atoms with Crippen LogP contribution >= 0.6 is 0 Å². The van der Waals surface area contributed by atoms with Gasteiger partial charge in [0, 0.05) is 12.1 Å². The van der Waals surface area contributed by atoms with Gasteiger partial charge in [0.05, 0.1) is 0 Å². The van der Waals surface area contributed by atoms with Crippen molar-refractivity contribution in [3.63, 3.8) is 0 Å². The molecule has 68 valence electrons. The average Bonchev–Trinajstić information content (AvgIpc) is 2.25. The lowest BCUT2D eigenvalue weighted by Crippen LogP contribution is -2.26. The van der Waals surface area contributed by atoms with Crippen molar-refractivity contribution < 1.29 is 4.79 Å². The fraction of sp³-hybridized carbons (Fsp3) is 0.364. The quantitative estimate of drug-likeness (QED) is 0.600. The summed E-state index contributed by atoms with van der Waals surface area (Å²) in [6.45, 7) is 2.12. The summed E-state index contributed by atoms with van der Waals surface area (Å²) in [5.74, 6) is 0.136. The van der Waals surface area contributed by atoms with Crippen molar-refractivity contribution in [2.24, 2.45) is 0 Å². The number of hydrogen-bond donors (Lipinski definition) is 1. The molecule has 2 heteroatoms. The Kier molecular flexibility index (Phi) is 2.05. The van der Waals surface area contributed by atoms with E-state index in [-0.39, 0.29) is 5.91 Å². The SMILES string of the molecule is CC1=CC2=C(C=CC1)NC(=O)CC2. The molecule has 0 bridgehead atoms. The van der Waals surface area contributed by atoms with E-state index < -0.39 is 0 Å². The van der Waals surface area contributed by atoms with E-state index in [1.807, 2.05) is 6.08 Å². The summed E-state index contributed by atoms with van der Waals surface area (Å²) in [6, 6.07) is 0. The number of allylic oxidation sites excluding steroid dienone is 5. The molecule has 1 N–H and O–H groups in total. The number of amides is 1. The smallest absolute Gasteiger partial charge is 0.224 e. The molecular formula is C11H13NO. The Morgan fingerprint density at radius 2 is 2.23 bits per heavy atom. The normalized spacial score (nSPS) is 21.9.